The zero-order valence-corrected chi connectivity index (χ0v) is 13.1. The molecular formula is C13H19FN4O3S. The van der Waals surface area contributed by atoms with Crippen molar-refractivity contribution in [2.24, 2.45) is 11.8 Å². The quantitative estimate of drug-likeness (QED) is 0.818. The molecule has 0 bridgehead atoms. The van der Waals surface area contributed by atoms with Gasteiger partial charge in [0.25, 0.3) is 0 Å². The summed E-state index contributed by atoms with van der Waals surface area (Å²) in [5.74, 6) is 0.452. The highest BCUT2D eigenvalue weighted by Crippen LogP contribution is 2.34. The van der Waals surface area contributed by atoms with Crippen LogP contribution in [0.3, 0.4) is 0 Å². The van der Waals surface area contributed by atoms with Gasteiger partial charge in [-0.15, -0.1) is 0 Å². The highest BCUT2D eigenvalue weighted by molar-refractivity contribution is 7.89. The van der Waals surface area contributed by atoms with Gasteiger partial charge in [0.2, 0.25) is 16.0 Å². The Labute approximate surface area is 128 Å². The van der Waals surface area contributed by atoms with Crippen LogP contribution in [0.1, 0.15) is 6.92 Å². The van der Waals surface area contributed by atoms with E-state index >= 15 is 0 Å². The molecule has 22 heavy (non-hydrogen) atoms. The number of aromatic nitrogens is 2. The highest BCUT2D eigenvalue weighted by atomic mass is 32.2. The lowest BCUT2D eigenvalue weighted by molar-refractivity contribution is 0.111. The molecule has 0 aromatic carbocycles. The standard InChI is InChI=1S/C13H19FN4O3S/c1-2-22(19,20)17-3-9-8-21-12-7-18(6-11(9)12)13-15-4-10(14)5-16-13/h4-5,9,11-12,17H,2-3,6-8H2,1H3/t9-,11+,12+/m1/s1. The van der Waals surface area contributed by atoms with Crippen LogP contribution in [0.4, 0.5) is 10.3 Å². The number of hydrogen-bond acceptors (Lipinski definition) is 6. The van der Waals surface area contributed by atoms with E-state index in [1.165, 1.54) is 0 Å². The summed E-state index contributed by atoms with van der Waals surface area (Å²) >= 11 is 0. The van der Waals surface area contributed by atoms with E-state index < -0.39 is 15.8 Å². The number of fused-ring (bicyclic) bond motifs is 1. The van der Waals surface area contributed by atoms with Crippen LogP contribution in [0.15, 0.2) is 12.4 Å². The predicted octanol–water partition coefficient (Wildman–Crippen LogP) is 0.00620. The first-order chi connectivity index (χ1) is 10.5. The van der Waals surface area contributed by atoms with Gasteiger partial charge in [0.15, 0.2) is 5.82 Å². The number of ether oxygens (including phenoxy) is 1. The summed E-state index contributed by atoms with van der Waals surface area (Å²) < 4.78 is 44.4. The van der Waals surface area contributed by atoms with Crippen molar-refractivity contribution in [2.75, 3.05) is 36.9 Å². The molecule has 1 N–H and O–H groups in total. The summed E-state index contributed by atoms with van der Waals surface area (Å²) in [7, 11) is -3.19. The maximum absolute atomic E-state index is 12.9. The largest absolute Gasteiger partial charge is 0.376 e. The average Bonchev–Trinajstić information content (AvgIpc) is 3.07. The normalized spacial score (nSPS) is 28.1. The third-order valence-corrected chi connectivity index (χ3v) is 5.64. The van der Waals surface area contributed by atoms with Gasteiger partial charge < -0.3 is 9.64 Å². The van der Waals surface area contributed by atoms with Crippen LogP contribution in [-0.2, 0) is 14.8 Å². The summed E-state index contributed by atoms with van der Waals surface area (Å²) in [5, 5.41) is 0. The van der Waals surface area contributed by atoms with Crippen molar-refractivity contribution in [1.29, 1.82) is 0 Å². The van der Waals surface area contributed by atoms with Gasteiger partial charge in [-0.3, -0.25) is 0 Å². The molecule has 0 saturated carbocycles. The lowest BCUT2D eigenvalue weighted by Gasteiger charge is -2.19. The van der Waals surface area contributed by atoms with E-state index in [0.717, 1.165) is 12.4 Å². The fourth-order valence-corrected chi connectivity index (χ4v) is 3.65. The number of anilines is 1. The van der Waals surface area contributed by atoms with Crippen molar-refractivity contribution >= 4 is 16.0 Å². The Kier molecular flexibility index (Phi) is 4.28. The molecule has 2 saturated heterocycles. The van der Waals surface area contributed by atoms with Crippen LogP contribution in [0.5, 0.6) is 0 Å². The van der Waals surface area contributed by atoms with Crippen LogP contribution in [-0.4, -0.2) is 56.5 Å². The molecule has 9 heteroatoms. The predicted molar refractivity (Wildman–Crippen MR) is 78.4 cm³/mol. The molecule has 2 aliphatic rings. The second kappa shape index (κ2) is 6.05. The molecule has 0 amide bonds. The van der Waals surface area contributed by atoms with Gasteiger partial charge in [-0.2, -0.15) is 0 Å². The monoisotopic (exact) mass is 330 g/mol. The van der Waals surface area contributed by atoms with Gasteiger partial charge in [-0.25, -0.2) is 27.5 Å². The molecule has 0 unspecified atom stereocenters. The zero-order valence-electron chi connectivity index (χ0n) is 12.3. The molecule has 122 valence electrons. The van der Waals surface area contributed by atoms with Crippen molar-refractivity contribution in [3.8, 4) is 0 Å². The molecule has 7 nitrogen and oxygen atoms in total. The Hall–Kier alpha value is -1.32. The molecule has 1 aromatic heterocycles. The van der Waals surface area contributed by atoms with Gasteiger partial charge in [0.1, 0.15) is 0 Å². The van der Waals surface area contributed by atoms with E-state index in [4.69, 9.17) is 4.74 Å². The Bertz CT molecular complexity index is 625. The second-order valence-corrected chi connectivity index (χ2v) is 7.75. The summed E-state index contributed by atoms with van der Waals surface area (Å²) in [6.07, 6.45) is 2.33. The molecule has 0 radical (unpaired) electrons. The zero-order chi connectivity index (χ0) is 15.7. The molecule has 1 aromatic rings. The van der Waals surface area contributed by atoms with Crippen LogP contribution in [0, 0.1) is 17.7 Å². The second-order valence-electron chi connectivity index (χ2n) is 5.65. The van der Waals surface area contributed by atoms with E-state index in [9.17, 15) is 12.8 Å². The Morgan fingerprint density at radius 2 is 2.14 bits per heavy atom. The lowest BCUT2D eigenvalue weighted by Crippen LogP contribution is -2.35. The van der Waals surface area contributed by atoms with Crippen LogP contribution >= 0.6 is 0 Å². The third-order valence-electron chi connectivity index (χ3n) is 4.27. The summed E-state index contributed by atoms with van der Waals surface area (Å²) in [6.45, 7) is 3.89. The number of sulfonamides is 1. The van der Waals surface area contributed by atoms with Gasteiger partial charge in [0, 0.05) is 31.5 Å². The fraction of sp³-hybridized carbons (Fsp3) is 0.692. The summed E-state index contributed by atoms with van der Waals surface area (Å²) in [5.41, 5.74) is 0. The van der Waals surface area contributed by atoms with Crippen molar-refractivity contribution in [2.45, 2.75) is 13.0 Å². The molecule has 0 spiro atoms. The SMILES string of the molecule is CCS(=O)(=O)NC[C@@H]1CO[C@H]2CN(c3ncc(F)cn3)C[C@@H]12. The Morgan fingerprint density at radius 1 is 1.41 bits per heavy atom. The van der Waals surface area contributed by atoms with Crippen molar-refractivity contribution in [3.63, 3.8) is 0 Å². The first kappa shape index (κ1) is 15.6. The molecule has 2 fully saturated rings. The van der Waals surface area contributed by atoms with Crippen molar-refractivity contribution < 1.29 is 17.5 Å². The Morgan fingerprint density at radius 3 is 2.82 bits per heavy atom. The molecule has 3 heterocycles. The number of halogens is 1. The number of rotatable bonds is 5. The van der Waals surface area contributed by atoms with Gasteiger partial charge in [-0.05, 0) is 6.92 Å². The van der Waals surface area contributed by atoms with Crippen molar-refractivity contribution in [1.82, 2.24) is 14.7 Å². The van der Waals surface area contributed by atoms with Gasteiger partial charge in [-0.1, -0.05) is 0 Å². The number of nitrogens with zero attached hydrogens (tertiary/aromatic N) is 3. The van der Waals surface area contributed by atoms with E-state index in [0.29, 0.717) is 32.2 Å². The highest BCUT2D eigenvalue weighted by Gasteiger charge is 2.44. The molecule has 2 aliphatic heterocycles. The molecule has 3 rings (SSSR count). The van der Waals surface area contributed by atoms with E-state index in [-0.39, 0.29) is 23.7 Å². The van der Waals surface area contributed by atoms with E-state index in [2.05, 4.69) is 14.7 Å². The number of nitrogens with one attached hydrogen (secondary N) is 1. The number of hydrogen-bond donors (Lipinski definition) is 1. The Balaban J connectivity index is 1.62. The average molecular weight is 330 g/mol. The maximum atomic E-state index is 12.9. The summed E-state index contributed by atoms with van der Waals surface area (Å²) in [4.78, 5) is 9.92. The fourth-order valence-electron chi connectivity index (χ4n) is 2.98. The molecule has 3 atom stereocenters. The van der Waals surface area contributed by atoms with Crippen LogP contribution in [0.2, 0.25) is 0 Å². The maximum Gasteiger partial charge on any atom is 0.225 e. The van der Waals surface area contributed by atoms with E-state index in [1.54, 1.807) is 6.92 Å². The van der Waals surface area contributed by atoms with Crippen LogP contribution in [0.25, 0.3) is 0 Å². The molecular weight excluding hydrogens is 311 g/mol. The minimum atomic E-state index is -3.19. The third kappa shape index (κ3) is 3.21. The first-order valence-corrected chi connectivity index (χ1v) is 8.95. The summed E-state index contributed by atoms with van der Waals surface area (Å²) in [6, 6.07) is 0. The molecule has 0 aliphatic carbocycles. The van der Waals surface area contributed by atoms with Crippen molar-refractivity contribution in [3.05, 3.63) is 18.2 Å². The minimum absolute atomic E-state index is 0.0461. The van der Waals surface area contributed by atoms with Gasteiger partial charge >= 0.3 is 0 Å². The minimum Gasteiger partial charge on any atom is -0.376 e. The van der Waals surface area contributed by atoms with Crippen LogP contribution < -0.4 is 9.62 Å². The van der Waals surface area contributed by atoms with Gasteiger partial charge in [0.05, 0.1) is 30.9 Å². The lowest BCUT2D eigenvalue weighted by atomic mass is 9.93. The first-order valence-electron chi connectivity index (χ1n) is 7.30. The van der Waals surface area contributed by atoms with E-state index in [1.807, 2.05) is 4.90 Å². The smallest absolute Gasteiger partial charge is 0.225 e. The topological polar surface area (TPSA) is 84.4 Å².